The highest BCUT2D eigenvalue weighted by Crippen LogP contribution is 2.50. The normalized spacial score (nSPS) is 23.3. The fourth-order valence-electron chi connectivity index (χ4n) is 3.90. The van der Waals surface area contributed by atoms with Crippen molar-refractivity contribution >= 4 is 11.9 Å². The summed E-state index contributed by atoms with van der Waals surface area (Å²) < 4.78 is 18.2. The predicted molar refractivity (Wildman–Crippen MR) is 91.7 cm³/mol. The van der Waals surface area contributed by atoms with Crippen LogP contribution in [0.2, 0.25) is 0 Å². The molecule has 3 rings (SSSR count). The standard InChI is InChI=1S/C20H22FNO3/c1-20-10-4-6-15(8-9-18(24)25-2)19(20)22(17(23)12-20)13-14-5-3-7-16(21)11-14/h3,5,7-9,11H,4,6,10,12-13H2,1-2H3. The third-order valence-electron chi connectivity index (χ3n) is 5.01. The van der Waals surface area contributed by atoms with Crippen LogP contribution in [0, 0.1) is 11.2 Å². The quantitative estimate of drug-likeness (QED) is 0.618. The van der Waals surface area contributed by atoms with E-state index in [4.69, 9.17) is 0 Å². The molecule has 0 saturated carbocycles. The number of methoxy groups -OCH3 is 1. The number of likely N-dealkylation sites (tertiary alicyclic amines) is 1. The lowest BCUT2D eigenvalue weighted by molar-refractivity contribution is -0.134. The number of amides is 1. The molecule has 1 amide bonds. The highest BCUT2D eigenvalue weighted by Gasteiger charge is 2.46. The highest BCUT2D eigenvalue weighted by molar-refractivity contribution is 5.85. The Morgan fingerprint density at radius 1 is 1.44 bits per heavy atom. The third kappa shape index (κ3) is 3.50. The van der Waals surface area contributed by atoms with Crippen LogP contribution in [0.1, 0.15) is 38.2 Å². The van der Waals surface area contributed by atoms with Gasteiger partial charge in [-0.25, -0.2) is 9.18 Å². The zero-order valence-electron chi connectivity index (χ0n) is 14.5. The number of ether oxygens (including phenoxy) is 1. The van der Waals surface area contributed by atoms with Gasteiger partial charge in [0.1, 0.15) is 5.82 Å². The van der Waals surface area contributed by atoms with Gasteiger partial charge in [-0.2, -0.15) is 0 Å². The Morgan fingerprint density at radius 3 is 2.96 bits per heavy atom. The van der Waals surface area contributed by atoms with Crippen molar-refractivity contribution in [3.05, 3.63) is 59.1 Å². The molecule has 0 spiro atoms. The molecule has 25 heavy (non-hydrogen) atoms. The molecule has 1 aromatic carbocycles. The van der Waals surface area contributed by atoms with E-state index >= 15 is 0 Å². The SMILES string of the molecule is COC(=O)C=CC1=C2N(Cc3cccc(F)c3)C(=O)CC2(C)CCC1. The van der Waals surface area contributed by atoms with Gasteiger partial charge in [-0.3, -0.25) is 4.79 Å². The monoisotopic (exact) mass is 343 g/mol. The molecule has 1 saturated heterocycles. The van der Waals surface area contributed by atoms with Crippen LogP contribution in [0.15, 0.2) is 47.7 Å². The number of nitrogens with zero attached hydrogens (tertiary/aromatic N) is 1. The third-order valence-corrected chi connectivity index (χ3v) is 5.01. The molecule has 4 nitrogen and oxygen atoms in total. The molecular weight excluding hydrogens is 321 g/mol. The van der Waals surface area contributed by atoms with Crippen molar-refractivity contribution in [2.75, 3.05) is 7.11 Å². The molecule has 0 radical (unpaired) electrons. The van der Waals surface area contributed by atoms with Crippen LogP contribution in [-0.2, 0) is 20.9 Å². The van der Waals surface area contributed by atoms with Crippen molar-refractivity contribution in [1.82, 2.24) is 4.90 Å². The minimum Gasteiger partial charge on any atom is -0.466 e. The summed E-state index contributed by atoms with van der Waals surface area (Å²) in [6.45, 7) is 2.44. The average molecular weight is 343 g/mol. The number of esters is 1. The van der Waals surface area contributed by atoms with Crippen LogP contribution in [0.5, 0.6) is 0 Å². The van der Waals surface area contributed by atoms with Crippen molar-refractivity contribution in [1.29, 1.82) is 0 Å². The van der Waals surface area contributed by atoms with Gasteiger partial charge in [-0.05, 0) is 42.5 Å². The van der Waals surface area contributed by atoms with E-state index < -0.39 is 5.97 Å². The summed E-state index contributed by atoms with van der Waals surface area (Å²) in [6, 6.07) is 6.32. The first-order valence-corrected chi connectivity index (χ1v) is 8.47. The second kappa shape index (κ2) is 6.82. The highest BCUT2D eigenvalue weighted by atomic mass is 19.1. The van der Waals surface area contributed by atoms with Gasteiger partial charge in [-0.1, -0.05) is 25.1 Å². The van der Waals surface area contributed by atoms with E-state index in [2.05, 4.69) is 11.7 Å². The zero-order valence-corrected chi connectivity index (χ0v) is 14.5. The number of rotatable bonds is 4. The van der Waals surface area contributed by atoms with Crippen LogP contribution < -0.4 is 0 Å². The minimum absolute atomic E-state index is 0.0487. The van der Waals surface area contributed by atoms with Gasteiger partial charge in [-0.15, -0.1) is 0 Å². The number of carbonyl (C=O) groups is 2. The summed E-state index contributed by atoms with van der Waals surface area (Å²) in [5, 5.41) is 0. The van der Waals surface area contributed by atoms with Gasteiger partial charge in [0.05, 0.1) is 13.7 Å². The Balaban J connectivity index is 1.98. The molecule has 1 aliphatic carbocycles. The number of fused-ring (bicyclic) bond motifs is 1. The summed E-state index contributed by atoms with van der Waals surface area (Å²) >= 11 is 0. The maximum atomic E-state index is 13.5. The largest absolute Gasteiger partial charge is 0.466 e. The van der Waals surface area contributed by atoms with Gasteiger partial charge in [0.2, 0.25) is 5.91 Å². The van der Waals surface area contributed by atoms with Crippen LogP contribution in [-0.4, -0.2) is 23.9 Å². The molecule has 1 fully saturated rings. The van der Waals surface area contributed by atoms with E-state index in [1.807, 2.05) is 6.07 Å². The number of halogens is 1. The molecule has 132 valence electrons. The summed E-state index contributed by atoms with van der Waals surface area (Å²) in [5.74, 6) is -0.677. The summed E-state index contributed by atoms with van der Waals surface area (Å²) in [6.07, 6.45) is 6.33. The molecule has 2 aliphatic rings. The predicted octanol–water partition coefficient (Wildman–Crippen LogP) is 3.73. The molecule has 1 atom stereocenters. The fourth-order valence-corrected chi connectivity index (χ4v) is 3.90. The number of carbonyl (C=O) groups excluding carboxylic acids is 2. The van der Waals surface area contributed by atoms with E-state index in [0.717, 1.165) is 36.1 Å². The van der Waals surface area contributed by atoms with Crippen molar-refractivity contribution in [3.8, 4) is 0 Å². The molecule has 1 unspecified atom stereocenters. The van der Waals surface area contributed by atoms with E-state index in [1.54, 1.807) is 17.0 Å². The van der Waals surface area contributed by atoms with Crippen LogP contribution in [0.25, 0.3) is 0 Å². The van der Waals surface area contributed by atoms with E-state index in [9.17, 15) is 14.0 Å². The maximum absolute atomic E-state index is 13.5. The lowest BCUT2D eigenvalue weighted by Crippen LogP contribution is -2.28. The molecule has 5 heteroatoms. The lowest BCUT2D eigenvalue weighted by Gasteiger charge is -2.34. The summed E-state index contributed by atoms with van der Waals surface area (Å²) in [5.41, 5.74) is 2.49. The Hall–Kier alpha value is -2.43. The van der Waals surface area contributed by atoms with Crippen LogP contribution in [0.4, 0.5) is 4.39 Å². The number of benzene rings is 1. The maximum Gasteiger partial charge on any atom is 0.330 e. The molecule has 1 aromatic rings. The minimum atomic E-state index is -0.415. The van der Waals surface area contributed by atoms with Gasteiger partial charge in [0.15, 0.2) is 0 Å². The topological polar surface area (TPSA) is 46.6 Å². The van der Waals surface area contributed by atoms with Gasteiger partial charge in [0, 0.05) is 23.6 Å². The van der Waals surface area contributed by atoms with Gasteiger partial charge in [0.25, 0.3) is 0 Å². The Bertz CT molecular complexity index is 768. The molecule has 1 heterocycles. The van der Waals surface area contributed by atoms with E-state index in [0.29, 0.717) is 13.0 Å². The Kier molecular flexibility index (Phi) is 4.75. The molecule has 0 bridgehead atoms. The van der Waals surface area contributed by atoms with Crippen LogP contribution >= 0.6 is 0 Å². The zero-order chi connectivity index (χ0) is 18.0. The van der Waals surface area contributed by atoms with E-state index in [-0.39, 0.29) is 17.1 Å². The second-order valence-corrected chi connectivity index (χ2v) is 6.93. The van der Waals surface area contributed by atoms with Crippen LogP contribution in [0.3, 0.4) is 0 Å². The Labute approximate surface area is 147 Å². The van der Waals surface area contributed by atoms with Crippen molar-refractivity contribution < 1.29 is 18.7 Å². The first kappa shape index (κ1) is 17.4. The number of hydrogen-bond acceptors (Lipinski definition) is 3. The molecular formula is C20H22FNO3. The van der Waals surface area contributed by atoms with Crippen molar-refractivity contribution in [2.24, 2.45) is 5.41 Å². The Morgan fingerprint density at radius 2 is 2.24 bits per heavy atom. The van der Waals surface area contributed by atoms with Gasteiger partial charge < -0.3 is 9.64 Å². The first-order chi connectivity index (χ1) is 11.9. The molecule has 1 aliphatic heterocycles. The number of hydrogen-bond donors (Lipinski definition) is 0. The average Bonchev–Trinajstić information content (AvgIpc) is 2.83. The second-order valence-electron chi connectivity index (χ2n) is 6.93. The molecule has 0 N–H and O–H groups in total. The first-order valence-electron chi connectivity index (χ1n) is 8.47. The smallest absolute Gasteiger partial charge is 0.330 e. The lowest BCUT2D eigenvalue weighted by atomic mass is 9.74. The fraction of sp³-hybridized carbons (Fsp3) is 0.400. The molecule has 0 aromatic heterocycles. The van der Waals surface area contributed by atoms with Crippen molar-refractivity contribution in [2.45, 2.75) is 39.2 Å². The van der Waals surface area contributed by atoms with Crippen molar-refractivity contribution in [3.63, 3.8) is 0 Å². The summed E-state index contributed by atoms with van der Waals surface area (Å²) in [7, 11) is 1.34. The van der Waals surface area contributed by atoms with Gasteiger partial charge >= 0.3 is 5.97 Å². The number of allylic oxidation sites excluding steroid dienone is 3. The van der Waals surface area contributed by atoms with E-state index in [1.165, 1.54) is 25.3 Å². The summed E-state index contributed by atoms with van der Waals surface area (Å²) in [4.78, 5) is 25.9.